The molecule has 3 heterocycles. The summed E-state index contributed by atoms with van der Waals surface area (Å²) < 4.78 is 54.7. The van der Waals surface area contributed by atoms with Gasteiger partial charge in [-0.25, -0.2) is 27.2 Å². The average molecular weight is 447 g/mol. The van der Waals surface area contributed by atoms with Crippen LogP contribution in [0.2, 0.25) is 0 Å². The molecule has 154 valence electrons. The lowest BCUT2D eigenvalue weighted by Gasteiger charge is -2.12. The lowest BCUT2D eigenvalue weighted by atomic mass is 10.2. The number of nitrogens with one attached hydrogen (secondary N) is 1. The van der Waals surface area contributed by atoms with Crippen molar-refractivity contribution in [2.24, 2.45) is 0 Å². The summed E-state index contributed by atoms with van der Waals surface area (Å²) in [6, 6.07) is 5.74. The number of thiophene rings is 1. The number of nitrogen functional groups attached to an aromatic ring is 1. The van der Waals surface area contributed by atoms with E-state index in [1.807, 2.05) is 13.0 Å². The summed E-state index contributed by atoms with van der Waals surface area (Å²) in [6.45, 7) is 3.44. The zero-order valence-electron chi connectivity index (χ0n) is 15.8. The van der Waals surface area contributed by atoms with Crippen LogP contribution < -0.4 is 10.5 Å². The highest BCUT2D eigenvalue weighted by Gasteiger charge is 2.21. The highest BCUT2D eigenvalue weighted by Crippen LogP contribution is 2.35. The second-order valence-corrected chi connectivity index (χ2v) is 9.22. The third-order valence-electron chi connectivity index (χ3n) is 4.40. The number of nitrogens with two attached hydrogens (primary N) is 1. The number of rotatable bonds is 4. The molecular formula is C19H15F2N5O2S2. The lowest BCUT2D eigenvalue weighted by Crippen LogP contribution is -2.16. The molecule has 0 aliphatic heterocycles. The number of aromatic nitrogens is 3. The van der Waals surface area contributed by atoms with Crippen molar-refractivity contribution in [1.82, 2.24) is 15.0 Å². The molecule has 0 aliphatic rings. The van der Waals surface area contributed by atoms with Gasteiger partial charge in [0.1, 0.15) is 21.4 Å². The molecule has 0 saturated heterocycles. The van der Waals surface area contributed by atoms with Crippen LogP contribution in [0.5, 0.6) is 0 Å². The first-order valence-electron chi connectivity index (χ1n) is 8.62. The number of aryl methyl sites for hydroxylation is 2. The highest BCUT2D eigenvalue weighted by atomic mass is 32.2. The van der Waals surface area contributed by atoms with Gasteiger partial charge < -0.3 is 5.73 Å². The van der Waals surface area contributed by atoms with Crippen molar-refractivity contribution in [3.8, 4) is 10.4 Å². The number of fused-ring (bicyclic) bond motifs is 1. The van der Waals surface area contributed by atoms with Gasteiger partial charge in [0.05, 0.1) is 17.1 Å². The topological polar surface area (TPSA) is 111 Å². The average Bonchev–Trinajstić information content (AvgIpc) is 3.07. The maximum atomic E-state index is 14.0. The molecule has 3 aromatic heterocycles. The Balaban J connectivity index is 1.74. The van der Waals surface area contributed by atoms with Crippen molar-refractivity contribution in [3.63, 3.8) is 0 Å². The second kappa shape index (κ2) is 7.26. The molecule has 11 heteroatoms. The molecule has 0 atom stereocenters. The van der Waals surface area contributed by atoms with Gasteiger partial charge in [-0.3, -0.25) is 9.71 Å². The third-order valence-corrected chi connectivity index (χ3v) is 6.88. The van der Waals surface area contributed by atoms with E-state index in [-0.39, 0.29) is 11.6 Å². The molecule has 4 rings (SSSR count). The number of nitrogens with zero attached hydrogens (tertiary/aromatic N) is 3. The van der Waals surface area contributed by atoms with Crippen LogP contribution in [0.4, 0.5) is 20.4 Å². The van der Waals surface area contributed by atoms with Gasteiger partial charge in [-0.2, -0.15) is 0 Å². The number of hydrogen-bond donors (Lipinski definition) is 2. The minimum Gasteiger partial charge on any atom is -0.368 e. The van der Waals surface area contributed by atoms with Crippen molar-refractivity contribution >= 4 is 43.2 Å². The van der Waals surface area contributed by atoms with Crippen LogP contribution in [0.1, 0.15) is 11.4 Å². The molecule has 0 unspecified atom stereocenters. The van der Waals surface area contributed by atoms with Gasteiger partial charge in [0, 0.05) is 28.1 Å². The largest absolute Gasteiger partial charge is 0.368 e. The predicted molar refractivity (Wildman–Crippen MR) is 112 cm³/mol. The molecule has 0 aliphatic carbocycles. The Hall–Kier alpha value is -3.18. The molecule has 4 aromatic rings. The van der Waals surface area contributed by atoms with E-state index in [9.17, 15) is 17.2 Å². The fraction of sp³-hybridized carbons (Fsp3) is 0.105. The first-order valence-corrected chi connectivity index (χ1v) is 10.9. The van der Waals surface area contributed by atoms with E-state index in [1.54, 1.807) is 19.2 Å². The molecule has 0 spiro atoms. The summed E-state index contributed by atoms with van der Waals surface area (Å²) in [7, 11) is -4.29. The molecule has 0 bridgehead atoms. The van der Waals surface area contributed by atoms with Crippen molar-refractivity contribution in [2.45, 2.75) is 18.7 Å². The summed E-state index contributed by atoms with van der Waals surface area (Å²) in [5, 5.41) is 0.834. The van der Waals surface area contributed by atoms with Gasteiger partial charge in [0.25, 0.3) is 10.0 Å². The normalized spacial score (nSPS) is 11.7. The number of anilines is 2. The van der Waals surface area contributed by atoms with Crippen molar-refractivity contribution in [3.05, 3.63) is 59.6 Å². The number of halogens is 2. The Kier molecular flexibility index (Phi) is 4.86. The fourth-order valence-corrected chi connectivity index (χ4v) is 5.13. The van der Waals surface area contributed by atoms with E-state index in [0.717, 1.165) is 28.1 Å². The number of sulfonamides is 1. The van der Waals surface area contributed by atoms with Gasteiger partial charge >= 0.3 is 0 Å². The number of benzene rings is 1. The van der Waals surface area contributed by atoms with Crippen LogP contribution >= 0.6 is 11.3 Å². The molecule has 0 amide bonds. The summed E-state index contributed by atoms with van der Waals surface area (Å²) in [5.41, 5.74) is 7.64. The van der Waals surface area contributed by atoms with E-state index in [0.29, 0.717) is 22.2 Å². The van der Waals surface area contributed by atoms with Crippen LogP contribution in [0, 0.1) is 25.5 Å². The van der Waals surface area contributed by atoms with Crippen molar-refractivity contribution in [2.75, 3.05) is 10.5 Å². The Morgan fingerprint density at radius 1 is 1.07 bits per heavy atom. The van der Waals surface area contributed by atoms with Gasteiger partial charge in [-0.15, -0.1) is 11.3 Å². The van der Waals surface area contributed by atoms with Crippen molar-refractivity contribution in [1.29, 1.82) is 0 Å². The van der Waals surface area contributed by atoms with Crippen LogP contribution in [0.15, 0.2) is 41.4 Å². The third kappa shape index (κ3) is 3.68. The van der Waals surface area contributed by atoms with Crippen LogP contribution in [-0.2, 0) is 10.0 Å². The number of pyridine rings is 1. The molecular weight excluding hydrogens is 432 g/mol. The zero-order valence-corrected chi connectivity index (χ0v) is 17.4. The van der Waals surface area contributed by atoms with Crippen LogP contribution in [0.25, 0.3) is 20.7 Å². The Morgan fingerprint density at radius 3 is 2.57 bits per heavy atom. The molecule has 7 nitrogen and oxygen atoms in total. The fourth-order valence-electron chi connectivity index (χ4n) is 2.89. The smallest absolute Gasteiger partial charge is 0.264 e. The highest BCUT2D eigenvalue weighted by molar-refractivity contribution is 7.92. The SMILES string of the molecule is Cc1ncc(-c2cc3c(C)nc(N)nc3s2)cc1NS(=O)(=O)c1ccc(F)cc1F. The lowest BCUT2D eigenvalue weighted by molar-refractivity contribution is 0.551. The van der Waals surface area contributed by atoms with E-state index in [2.05, 4.69) is 19.7 Å². The molecule has 1 aromatic carbocycles. The summed E-state index contributed by atoms with van der Waals surface area (Å²) >= 11 is 1.36. The first-order chi connectivity index (χ1) is 14.1. The second-order valence-electron chi connectivity index (χ2n) is 6.53. The van der Waals surface area contributed by atoms with E-state index >= 15 is 0 Å². The van der Waals surface area contributed by atoms with E-state index in [1.165, 1.54) is 11.3 Å². The Bertz CT molecular complexity index is 1400. The Morgan fingerprint density at radius 2 is 1.83 bits per heavy atom. The molecule has 30 heavy (non-hydrogen) atoms. The zero-order chi connectivity index (χ0) is 21.6. The van der Waals surface area contributed by atoms with Crippen LogP contribution in [0.3, 0.4) is 0 Å². The molecule has 0 radical (unpaired) electrons. The minimum absolute atomic E-state index is 0.171. The maximum Gasteiger partial charge on any atom is 0.264 e. The summed E-state index contributed by atoms with van der Waals surface area (Å²) in [6.07, 6.45) is 1.60. The van der Waals surface area contributed by atoms with Gasteiger partial charge in [0.15, 0.2) is 0 Å². The standard InChI is InChI=1S/C19H15F2N5O2S2/c1-9-13-7-16(29-18(13)25-19(22)24-9)11-5-15(10(2)23-8-11)26-30(27,28)17-4-3-12(20)6-14(17)21/h3-8,26H,1-2H3,(H2,22,24,25). The minimum atomic E-state index is -4.29. The van der Waals surface area contributed by atoms with E-state index < -0.39 is 26.6 Å². The molecule has 0 saturated carbocycles. The summed E-state index contributed by atoms with van der Waals surface area (Å²) in [4.78, 5) is 13.4. The Labute approximate surface area is 174 Å². The maximum absolute atomic E-state index is 14.0. The molecule has 3 N–H and O–H groups in total. The molecule has 0 fully saturated rings. The summed E-state index contributed by atoms with van der Waals surface area (Å²) in [5.74, 6) is -1.87. The van der Waals surface area contributed by atoms with Crippen LogP contribution in [-0.4, -0.2) is 23.4 Å². The quantitative estimate of drug-likeness (QED) is 0.489. The van der Waals surface area contributed by atoms with Gasteiger partial charge in [0.2, 0.25) is 5.95 Å². The monoisotopic (exact) mass is 447 g/mol. The van der Waals surface area contributed by atoms with Gasteiger partial charge in [-0.1, -0.05) is 0 Å². The van der Waals surface area contributed by atoms with E-state index in [4.69, 9.17) is 5.73 Å². The first kappa shape index (κ1) is 20.1. The predicted octanol–water partition coefficient (Wildman–Crippen LogP) is 4.03. The van der Waals surface area contributed by atoms with Gasteiger partial charge in [-0.05, 0) is 38.1 Å². The number of hydrogen-bond acceptors (Lipinski definition) is 7. The van der Waals surface area contributed by atoms with Crippen molar-refractivity contribution < 1.29 is 17.2 Å².